The first-order valence-electron chi connectivity index (χ1n) is 10.4. The number of carbonyl (C=O) groups is 2. The van der Waals surface area contributed by atoms with Gasteiger partial charge in [-0.05, 0) is 49.2 Å². The number of ether oxygens (including phenoxy) is 1. The molecule has 8 rings (SSSR count). The fraction of sp³-hybridized carbons (Fsp3) is 0.200. The number of amides is 1. The van der Waals surface area contributed by atoms with Crippen LogP contribution >= 0.6 is 0 Å². The Morgan fingerprint density at radius 1 is 0.969 bits per heavy atom. The maximum atomic E-state index is 13.5. The lowest BCUT2D eigenvalue weighted by Gasteiger charge is -2.26. The number of aliphatic hydroxyl groups excluding tert-OH is 1. The molecule has 0 spiro atoms. The van der Waals surface area contributed by atoms with Crippen molar-refractivity contribution in [2.45, 2.75) is 32.4 Å². The molecule has 32 heavy (non-hydrogen) atoms. The molecule has 1 aromatic heterocycles. The molecular formula is C25H21N3O4. The number of nitrogens with zero attached hydrogens (tertiary/aromatic N) is 3. The molecule has 0 aliphatic carbocycles. The first-order valence-corrected chi connectivity index (χ1v) is 10.4. The first kappa shape index (κ1) is 19.9. The van der Waals surface area contributed by atoms with Crippen molar-refractivity contribution in [3.8, 4) is 5.75 Å². The van der Waals surface area contributed by atoms with Gasteiger partial charge in [-0.2, -0.15) is 5.10 Å². The van der Waals surface area contributed by atoms with E-state index in [-0.39, 0.29) is 17.5 Å². The number of aryl methyl sites for hydroxylation is 1. The number of anilines is 1. The maximum Gasteiger partial charge on any atom is 0.295 e. The summed E-state index contributed by atoms with van der Waals surface area (Å²) in [7, 11) is 0. The Morgan fingerprint density at radius 2 is 1.69 bits per heavy atom. The number of carbonyl (C=O) groups excluding carboxylic acids is 2. The van der Waals surface area contributed by atoms with Crippen molar-refractivity contribution in [1.82, 2.24) is 10.2 Å². The Balaban J connectivity index is 1.70. The predicted molar refractivity (Wildman–Crippen MR) is 118 cm³/mol. The van der Waals surface area contributed by atoms with Gasteiger partial charge in [0.1, 0.15) is 5.75 Å². The molecule has 2 unspecified atom stereocenters. The molecule has 160 valence electrons. The molecule has 6 heterocycles. The van der Waals surface area contributed by atoms with E-state index >= 15 is 0 Å². The van der Waals surface area contributed by atoms with Crippen LogP contribution in [-0.4, -0.2) is 33.1 Å². The van der Waals surface area contributed by atoms with Crippen molar-refractivity contribution in [3.63, 3.8) is 0 Å². The molecule has 7 heteroatoms. The lowest BCUT2D eigenvalue weighted by Crippen LogP contribution is -2.32. The molecule has 7 nitrogen and oxygen atoms in total. The van der Waals surface area contributed by atoms with Crippen LogP contribution in [0.4, 0.5) is 5.82 Å². The van der Waals surface area contributed by atoms with Gasteiger partial charge in [0, 0.05) is 12.0 Å². The molecule has 0 radical (unpaired) electrons. The Kier molecular flexibility index (Phi) is 4.74. The van der Waals surface area contributed by atoms with Gasteiger partial charge in [-0.15, -0.1) is 5.10 Å². The molecule has 0 saturated heterocycles. The van der Waals surface area contributed by atoms with Gasteiger partial charge in [0.05, 0.1) is 23.4 Å². The van der Waals surface area contributed by atoms with E-state index in [4.69, 9.17) is 4.74 Å². The predicted octanol–water partition coefficient (Wildman–Crippen LogP) is 3.89. The summed E-state index contributed by atoms with van der Waals surface area (Å²) in [5.41, 5.74) is 2.78. The molecule has 5 aliphatic rings. The molecular weight excluding hydrogens is 406 g/mol. The van der Waals surface area contributed by atoms with Crippen molar-refractivity contribution in [1.29, 1.82) is 0 Å². The maximum absolute atomic E-state index is 13.5. The molecule has 1 N–H and O–H groups in total. The number of hydrogen-bond donors (Lipinski definition) is 1. The molecule has 0 fully saturated rings. The Bertz CT molecular complexity index is 1230. The number of Topliss-reactive ketones (excluding diaryl/α,β-unsaturated/α-hetero) is 1. The second-order valence-electron chi connectivity index (χ2n) is 8.10. The SMILES string of the molecule is Cc1ccc(N2C(=O)C(O)=C3C(=O)c4ccc(cc4)CC(C)Oc4ccc(cc4)C32)nn1. The van der Waals surface area contributed by atoms with Gasteiger partial charge < -0.3 is 9.84 Å². The number of aliphatic hydroxyl groups is 1. The Hall–Kier alpha value is -4.00. The van der Waals surface area contributed by atoms with Gasteiger partial charge in [0.15, 0.2) is 17.4 Å². The van der Waals surface area contributed by atoms with Crippen LogP contribution in [0.2, 0.25) is 0 Å². The van der Waals surface area contributed by atoms with E-state index in [2.05, 4.69) is 10.2 Å². The number of benzene rings is 2. The fourth-order valence-corrected chi connectivity index (χ4v) is 4.19. The van der Waals surface area contributed by atoms with Crippen molar-refractivity contribution in [3.05, 3.63) is 94.4 Å². The van der Waals surface area contributed by atoms with Gasteiger partial charge in [-0.25, -0.2) is 0 Å². The van der Waals surface area contributed by atoms with Gasteiger partial charge >= 0.3 is 0 Å². The zero-order valence-corrected chi connectivity index (χ0v) is 17.6. The second-order valence-corrected chi connectivity index (χ2v) is 8.10. The molecule has 2 atom stereocenters. The van der Waals surface area contributed by atoms with Gasteiger partial charge in [-0.3, -0.25) is 14.5 Å². The van der Waals surface area contributed by atoms with Gasteiger partial charge in [0.25, 0.3) is 5.91 Å². The fourth-order valence-electron chi connectivity index (χ4n) is 4.19. The average molecular weight is 427 g/mol. The summed E-state index contributed by atoms with van der Waals surface area (Å²) in [6.07, 6.45) is 0.628. The summed E-state index contributed by atoms with van der Waals surface area (Å²) in [5, 5.41) is 19.0. The van der Waals surface area contributed by atoms with Crippen LogP contribution in [0.5, 0.6) is 5.75 Å². The zero-order chi connectivity index (χ0) is 22.4. The normalized spacial score (nSPS) is 20.4. The van der Waals surface area contributed by atoms with Crippen LogP contribution in [0.1, 0.15) is 40.1 Å². The van der Waals surface area contributed by atoms with Crippen LogP contribution in [0.25, 0.3) is 0 Å². The molecule has 2 aromatic carbocycles. The van der Waals surface area contributed by atoms with Gasteiger partial charge in [0.2, 0.25) is 0 Å². The minimum absolute atomic E-state index is 0.0178. The summed E-state index contributed by atoms with van der Waals surface area (Å²) in [5.74, 6) is -0.730. The topological polar surface area (TPSA) is 92.6 Å². The third-order valence-corrected chi connectivity index (χ3v) is 5.76. The molecule has 4 bridgehead atoms. The highest BCUT2D eigenvalue weighted by atomic mass is 16.5. The molecule has 3 aromatic rings. The van der Waals surface area contributed by atoms with Crippen molar-refractivity contribution < 1.29 is 19.4 Å². The van der Waals surface area contributed by atoms with Crippen LogP contribution in [0.15, 0.2) is 72.0 Å². The Labute approximate surface area is 185 Å². The van der Waals surface area contributed by atoms with E-state index in [1.54, 1.807) is 55.5 Å². The molecule has 5 aliphatic heterocycles. The highest BCUT2D eigenvalue weighted by Crippen LogP contribution is 2.41. The summed E-state index contributed by atoms with van der Waals surface area (Å²) >= 11 is 0. The average Bonchev–Trinajstić information content (AvgIpc) is 3.05. The summed E-state index contributed by atoms with van der Waals surface area (Å²) in [4.78, 5) is 27.9. The number of ketones is 1. The Morgan fingerprint density at radius 3 is 2.34 bits per heavy atom. The van der Waals surface area contributed by atoms with E-state index in [0.29, 0.717) is 29.0 Å². The minimum atomic E-state index is -0.846. The summed E-state index contributed by atoms with van der Waals surface area (Å²) < 4.78 is 6.03. The summed E-state index contributed by atoms with van der Waals surface area (Å²) in [6.45, 7) is 3.78. The van der Waals surface area contributed by atoms with Crippen LogP contribution in [0.3, 0.4) is 0 Å². The number of rotatable bonds is 1. The van der Waals surface area contributed by atoms with Crippen molar-refractivity contribution >= 4 is 17.5 Å². The quantitative estimate of drug-likeness (QED) is 0.633. The van der Waals surface area contributed by atoms with Crippen LogP contribution < -0.4 is 9.64 Å². The van der Waals surface area contributed by atoms with E-state index in [0.717, 1.165) is 5.56 Å². The van der Waals surface area contributed by atoms with E-state index in [1.807, 2.05) is 19.1 Å². The minimum Gasteiger partial charge on any atom is -0.503 e. The number of hydrogen-bond acceptors (Lipinski definition) is 6. The smallest absolute Gasteiger partial charge is 0.295 e. The van der Waals surface area contributed by atoms with Crippen LogP contribution in [-0.2, 0) is 11.2 Å². The first-order chi connectivity index (χ1) is 15.4. The standard InChI is InChI=1S/C25H21N3O4/c1-14-3-12-20(27-26-14)28-22-17-8-10-19(11-9-17)32-15(2)13-16-4-6-18(7-5-16)23(29)21(22)24(30)25(28)31/h3-12,15,22,30H,13H2,1-2H3. The van der Waals surface area contributed by atoms with Gasteiger partial charge in [-0.1, -0.05) is 36.4 Å². The highest BCUT2D eigenvalue weighted by Gasteiger charge is 2.45. The summed E-state index contributed by atoms with van der Waals surface area (Å²) in [6, 6.07) is 16.9. The lowest BCUT2D eigenvalue weighted by atomic mass is 9.92. The molecule has 1 amide bonds. The zero-order valence-electron chi connectivity index (χ0n) is 17.6. The van der Waals surface area contributed by atoms with E-state index < -0.39 is 23.5 Å². The third kappa shape index (κ3) is 3.32. The van der Waals surface area contributed by atoms with Crippen LogP contribution in [0, 0.1) is 6.92 Å². The number of aromatic nitrogens is 2. The highest BCUT2D eigenvalue weighted by molar-refractivity contribution is 6.20. The van der Waals surface area contributed by atoms with Crippen molar-refractivity contribution in [2.75, 3.05) is 4.90 Å². The van der Waals surface area contributed by atoms with E-state index in [9.17, 15) is 14.7 Å². The largest absolute Gasteiger partial charge is 0.503 e. The third-order valence-electron chi connectivity index (χ3n) is 5.76. The second kappa shape index (κ2) is 7.60. The van der Waals surface area contributed by atoms with E-state index in [1.165, 1.54) is 4.90 Å². The lowest BCUT2D eigenvalue weighted by molar-refractivity contribution is -0.117. The monoisotopic (exact) mass is 427 g/mol. The molecule has 0 saturated carbocycles. The van der Waals surface area contributed by atoms with Crippen molar-refractivity contribution in [2.24, 2.45) is 0 Å².